The van der Waals surface area contributed by atoms with Gasteiger partial charge in [-0.2, -0.15) is 12.1 Å². The van der Waals surface area contributed by atoms with E-state index in [4.69, 9.17) is 7.85 Å². The van der Waals surface area contributed by atoms with E-state index in [9.17, 15) is 0 Å². The van der Waals surface area contributed by atoms with Crippen molar-refractivity contribution in [1.82, 2.24) is 9.97 Å². The average Bonchev–Trinajstić information content (AvgIpc) is 2.04. The van der Waals surface area contributed by atoms with Crippen LogP contribution in [0.15, 0.2) is 24.4 Å². The molecular formula is C8H4BN2W-. The fourth-order valence-corrected chi connectivity index (χ4v) is 0.916. The third-order valence-corrected chi connectivity index (χ3v) is 1.41. The largest absolute Gasteiger partial charge is 0.326 e. The Balaban J connectivity index is 0.000000720. The number of aromatic nitrogens is 2. The van der Waals surface area contributed by atoms with E-state index in [-0.39, 0.29) is 21.1 Å². The molecule has 1 aromatic heterocycles. The zero-order valence-corrected chi connectivity index (χ0v) is 9.12. The fraction of sp³-hybridized carbons (Fsp3) is 0. The second kappa shape index (κ2) is 3.81. The average molecular weight is 323 g/mol. The first-order valence-corrected chi connectivity index (χ1v) is 3.24. The summed E-state index contributed by atoms with van der Waals surface area (Å²) in [5.74, 6) is 0. The molecular weight excluding hydrogens is 319 g/mol. The van der Waals surface area contributed by atoms with Crippen LogP contribution >= 0.6 is 0 Å². The SMILES string of the molecule is [B]c1cnc2cc[c-]cc2n1.[W]. The van der Waals surface area contributed by atoms with Gasteiger partial charge in [0.05, 0.1) is 0 Å². The van der Waals surface area contributed by atoms with Crippen molar-refractivity contribution in [2.75, 3.05) is 0 Å². The van der Waals surface area contributed by atoms with Crippen molar-refractivity contribution in [2.45, 2.75) is 0 Å². The second-order valence-corrected chi connectivity index (χ2v) is 2.21. The summed E-state index contributed by atoms with van der Waals surface area (Å²) in [6.45, 7) is 0. The summed E-state index contributed by atoms with van der Waals surface area (Å²) < 4.78 is 0. The third kappa shape index (κ3) is 1.73. The number of rotatable bonds is 0. The first-order chi connectivity index (χ1) is 5.36. The quantitative estimate of drug-likeness (QED) is 0.512. The standard InChI is InChI=1S/C8H4BN2.W/c9-8-5-10-6-3-1-2-4-7(6)11-8;/h1,3-5H;/q-1;. The Hall–Kier alpha value is -0.687. The molecule has 0 amide bonds. The van der Waals surface area contributed by atoms with E-state index in [1.807, 2.05) is 6.07 Å². The van der Waals surface area contributed by atoms with Crippen molar-refractivity contribution >= 4 is 24.5 Å². The maximum atomic E-state index is 5.44. The van der Waals surface area contributed by atoms with E-state index >= 15 is 0 Å². The summed E-state index contributed by atoms with van der Waals surface area (Å²) in [4.78, 5) is 8.13. The smallest absolute Gasteiger partial charge is 0.142 e. The van der Waals surface area contributed by atoms with E-state index < -0.39 is 0 Å². The number of benzene rings is 1. The molecule has 2 nitrogen and oxygen atoms in total. The summed E-state index contributed by atoms with van der Waals surface area (Å²) >= 11 is 0. The first-order valence-electron chi connectivity index (χ1n) is 3.24. The number of hydrogen-bond donors (Lipinski definition) is 0. The topological polar surface area (TPSA) is 25.8 Å². The van der Waals surface area contributed by atoms with Crippen molar-refractivity contribution in [2.24, 2.45) is 0 Å². The molecule has 2 rings (SSSR count). The van der Waals surface area contributed by atoms with Gasteiger partial charge >= 0.3 is 0 Å². The van der Waals surface area contributed by atoms with Crippen LogP contribution in [0.25, 0.3) is 11.0 Å². The van der Waals surface area contributed by atoms with Gasteiger partial charge in [0.25, 0.3) is 0 Å². The van der Waals surface area contributed by atoms with Gasteiger partial charge in [-0.3, -0.25) is 4.98 Å². The number of nitrogens with zero attached hydrogens (tertiary/aromatic N) is 2. The predicted molar refractivity (Wildman–Crippen MR) is 43.8 cm³/mol. The molecule has 0 aliphatic heterocycles. The molecule has 4 heteroatoms. The Morgan fingerprint density at radius 1 is 1.33 bits per heavy atom. The van der Waals surface area contributed by atoms with Crippen LogP contribution in [0.5, 0.6) is 0 Å². The molecule has 0 atom stereocenters. The molecule has 0 unspecified atom stereocenters. The molecule has 0 spiro atoms. The van der Waals surface area contributed by atoms with Crippen LogP contribution in [0.3, 0.4) is 0 Å². The Morgan fingerprint density at radius 3 is 3.00 bits per heavy atom. The maximum absolute atomic E-state index is 5.44. The summed E-state index contributed by atoms with van der Waals surface area (Å²) in [5.41, 5.74) is 2.07. The van der Waals surface area contributed by atoms with E-state index in [2.05, 4.69) is 16.0 Å². The van der Waals surface area contributed by atoms with Gasteiger partial charge in [0.2, 0.25) is 0 Å². The molecule has 2 radical (unpaired) electrons. The van der Waals surface area contributed by atoms with Gasteiger partial charge < -0.3 is 4.98 Å². The first kappa shape index (κ1) is 9.40. The minimum absolute atomic E-state index is 0. The predicted octanol–water partition coefficient (Wildman–Crippen LogP) is 0.221. The van der Waals surface area contributed by atoms with E-state index in [1.165, 1.54) is 0 Å². The zero-order chi connectivity index (χ0) is 7.68. The van der Waals surface area contributed by atoms with Crippen LogP contribution in [0, 0.1) is 6.07 Å². The van der Waals surface area contributed by atoms with Crippen LogP contribution in [0.1, 0.15) is 0 Å². The van der Waals surface area contributed by atoms with Crippen LogP contribution in [0.4, 0.5) is 0 Å². The minimum Gasteiger partial charge on any atom is -0.326 e. The summed E-state index contributed by atoms with van der Waals surface area (Å²) in [5, 5.41) is 0. The molecule has 0 saturated heterocycles. The molecule has 0 fully saturated rings. The minimum atomic E-state index is 0. The Morgan fingerprint density at radius 2 is 2.17 bits per heavy atom. The van der Waals surface area contributed by atoms with Crippen molar-refractivity contribution < 1.29 is 21.1 Å². The van der Waals surface area contributed by atoms with Crippen molar-refractivity contribution in [3.63, 3.8) is 0 Å². The van der Waals surface area contributed by atoms with Gasteiger partial charge in [-0.15, -0.1) is 12.1 Å². The molecule has 0 N–H and O–H groups in total. The molecule has 1 aromatic carbocycles. The molecule has 0 aliphatic carbocycles. The summed E-state index contributed by atoms with van der Waals surface area (Å²) in [7, 11) is 5.44. The molecule has 2 aromatic rings. The van der Waals surface area contributed by atoms with Gasteiger partial charge in [-0.25, -0.2) is 0 Å². The summed E-state index contributed by atoms with van der Waals surface area (Å²) in [6, 6.07) is 8.31. The second-order valence-electron chi connectivity index (χ2n) is 2.21. The van der Waals surface area contributed by atoms with Gasteiger partial charge in [-0.1, -0.05) is 0 Å². The van der Waals surface area contributed by atoms with Crippen molar-refractivity contribution in [3.05, 3.63) is 30.5 Å². The van der Waals surface area contributed by atoms with Crippen LogP contribution in [0.2, 0.25) is 0 Å². The van der Waals surface area contributed by atoms with Gasteiger partial charge in [0.1, 0.15) is 7.85 Å². The summed E-state index contributed by atoms with van der Waals surface area (Å²) in [6.07, 6.45) is 1.54. The Kier molecular flexibility index (Phi) is 2.99. The Labute approximate surface area is 86.1 Å². The van der Waals surface area contributed by atoms with E-state index in [0.29, 0.717) is 5.59 Å². The number of hydrogen-bond acceptors (Lipinski definition) is 2. The maximum Gasteiger partial charge on any atom is 0.142 e. The monoisotopic (exact) mass is 323 g/mol. The molecule has 1 heterocycles. The van der Waals surface area contributed by atoms with Crippen LogP contribution in [-0.2, 0) is 21.1 Å². The van der Waals surface area contributed by atoms with Gasteiger partial charge in [0.15, 0.2) is 0 Å². The molecule has 12 heavy (non-hydrogen) atoms. The normalized spacial score (nSPS) is 9.33. The number of fused-ring (bicyclic) bond motifs is 1. The zero-order valence-electron chi connectivity index (χ0n) is 6.19. The van der Waals surface area contributed by atoms with Crippen LogP contribution in [-0.4, -0.2) is 17.8 Å². The fourth-order valence-electron chi connectivity index (χ4n) is 0.916. The van der Waals surface area contributed by atoms with Crippen LogP contribution < -0.4 is 5.59 Å². The molecule has 0 bridgehead atoms. The molecule has 0 saturated carbocycles. The van der Waals surface area contributed by atoms with Gasteiger partial charge in [-0.05, 0) is 16.6 Å². The van der Waals surface area contributed by atoms with Crippen molar-refractivity contribution in [3.8, 4) is 0 Å². The van der Waals surface area contributed by atoms with E-state index in [1.54, 1.807) is 18.3 Å². The third-order valence-electron chi connectivity index (χ3n) is 1.41. The van der Waals surface area contributed by atoms with Crippen molar-refractivity contribution in [1.29, 1.82) is 0 Å². The molecule has 56 valence electrons. The Bertz CT molecular complexity index is 391. The van der Waals surface area contributed by atoms with E-state index in [0.717, 1.165) is 11.0 Å². The van der Waals surface area contributed by atoms with Gasteiger partial charge in [0, 0.05) is 27.3 Å². The molecule has 0 aliphatic rings.